The highest BCUT2D eigenvalue weighted by molar-refractivity contribution is 6.03. The Morgan fingerprint density at radius 3 is 2.81 bits per heavy atom. The minimum atomic E-state index is 0.0497. The molecule has 0 saturated heterocycles. The van der Waals surface area contributed by atoms with E-state index in [1.807, 2.05) is 49.9 Å². The molecule has 0 bridgehead atoms. The van der Waals surface area contributed by atoms with E-state index in [0.29, 0.717) is 5.39 Å². The van der Waals surface area contributed by atoms with Crippen LogP contribution in [0.1, 0.15) is 12.1 Å². The summed E-state index contributed by atoms with van der Waals surface area (Å²) in [5.74, 6) is 0. The van der Waals surface area contributed by atoms with Crippen LogP contribution < -0.4 is 5.56 Å². The quantitative estimate of drug-likeness (QED) is 0.798. The Hall–Kier alpha value is -2.14. The second-order valence-corrected chi connectivity index (χ2v) is 5.70. The summed E-state index contributed by atoms with van der Waals surface area (Å²) in [4.78, 5) is 14.9. The van der Waals surface area contributed by atoms with Gasteiger partial charge < -0.3 is 9.47 Å². The number of nitrogens with zero attached hydrogens (tertiary/aromatic N) is 3. The van der Waals surface area contributed by atoms with Gasteiger partial charge in [0.05, 0.1) is 10.9 Å². The van der Waals surface area contributed by atoms with Crippen molar-refractivity contribution in [2.75, 3.05) is 20.6 Å². The van der Waals surface area contributed by atoms with E-state index >= 15 is 0 Å². The summed E-state index contributed by atoms with van der Waals surface area (Å²) >= 11 is 0. The molecule has 0 atom stereocenters. The third-order valence-electron chi connectivity index (χ3n) is 3.84. The number of aromatic amines is 1. The van der Waals surface area contributed by atoms with E-state index in [1.165, 1.54) is 0 Å². The monoisotopic (exact) mass is 284 g/mol. The van der Waals surface area contributed by atoms with Crippen LogP contribution in [0, 0.1) is 6.92 Å². The average molecular weight is 284 g/mol. The van der Waals surface area contributed by atoms with Crippen LogP contribution in [0.4, 0.5) is 0 Å². The molecule has 0 aliphatic carbocycles. The van der Waals surface area contributed by atoms with Gasteiger partial charge in [0, 0.05) is 17.6 Å². The Balaban J connectivity index is 2.22. The molecular formula is C16H20N4O. The lowest BCUT2D eigenvalue weighted by Gasteiger charge is -2.13. The van der Waals surface area contributed by atoms with Gasteiger partial charge in [0.25, 0.3) is 5.56 Å². The zero-order valence-electron chi connectivity index (χ0n) is 12.7. The molecule has 0 aliphatic rings. The highest BCUT2D eigenvalue weighted by Crippen LogP contribution is 2.22. The number of hydrogen-bond acceptors (Lipinski definition) is 3. The highest BCUT2D eigenvalue weighted by atomic mass is 16.1. The van der Waals surface area contributed by atoms with E-state index in [-0.39, 0.29) is 5.56 Å². The normalized spacial score (nSPS) is 11.8. The van der Waals surface area contributed by atoms with Gasteiger partial charge in [0.2, 0.25) is 0 Å². The van der Waals surface area contributed by atoms with Crippen LogP contribution in [0.15, 0.2) is 29.1 Å². The predicted octanol–water partition coefficient (Wildman–Crippen LogP) is 2.14. The van der Waals surface area contributed by atoms with Crippen molar-refractivity contribution in [3.05, 3.63) is 40.3 Å². The molecule has 2 aromatic heterocycles. The van der Waals surface area contributed by atoms with Crippen molar-refractivity contribution in [2.24, 2.45) is 0 Å². The zero-order chi connectivity index (χ0) is 15.0. The van der Waals surface area contributed by atoms with E-state index in [2.05, 4.69) is 15.1 Å². The van der Waals surface area contributed by atoms with Gasteiger partial charge in [-0.2, -0.15) is 5.10 Å². The number of rotatable bonds is 4. The van der Waals surface area contributed by atoms with Gasteiger partial charge in [-0.3, -0.25) is 9.89 Å². The smallest absolute Gasteiger partial charge is 0.262 e. The summed E-state index contributed by atoms with van der Waals surface area (Å²) in [5.41, 5.74) is 2.62. The van der Waals surface area contributed by atoms with Crippen molar-refractivity contribution in [1.29, 1.82) is 0 Å². The second-order valence-electron chi connectivity index (χ2n) is 5.70. The summed E-state index contributed by atoms with van der Waals surface area (Å²) in [6.07, 6.45) is 0.944. The number of aromatic nitrogens is 3. The number of hydrogen-bond donors (Lipinski definition) is 1. The molecule has 0 amide bonds. The van der Waals surface area contributed by atoms with E-state index in [0.717, 1.165) is 41.6 Å². The van der Waals surface area contributed by atoms with Crippen LogP contribution in [0.25, 0.3) is 21.8 Å². The summed E-state index contributed by atoms with van der Waals surface area (Å²) in [7, 11) is 4.09. The van der Waals surface area contributed by atoms with Crippen molar-refractivity contribution in [3.63, 3.8) is 0 Å². The first kappa shape index (κ1) is 13.8. The van der Waals surface area contributed by atoms with Crippen molar-refractivity contribution in [2.45, 2.75) is 19.9 Å². The molecule has 0 spiro atoms. The van der Waals surface area contributed by atoms with E-state index in [4.69, 9.17) is 0 Å². The maximum Gasteiger partial charge on any atom is 0.262 e. The second kappa shape index (κ2) is 5.33. The molecular weight excluding hydrogens is 264 g/mol. The van der Waals surface area contributed by atoms with Gasteiger partial charge in [-0.25, -0.2) is 0 Å². The maximum absolute atomic E-state index is 12.8. The molecule has 0 radical (unpaired) electrons. The van der Waals surface area contributed by atoms with Gasteiger partial charge in [-0.05, 0) is 40.1 Å². The number of fused-ring (bicyclic) bond motifs is 3. The Kier molecular flexibility index (Phi) is 3.51. The van der Waals surface area contributed by atoms with Crippen LogP contribution in [0.3, 0.4) is 0 Å². The Morgan fingerprint density at radius 1 is 1.29 bits per heavy atom. The van der Waals surface area contributed by atoms with Crippen molar-refractivity contribution in [1.82, 2.24) is 19.7 Å². The van der Waals surface area contributed by atoms with Crippen molar-refractivity contribution >= 4 is 21.8 Å². The molecule has 21 heavy (non-hydrogen) atoms. The van der Waals surface area contributed by atoms with Gasteiger partial charge in [0.15, 0.2) is 0 Å². The molecule has 0 unspecified atom stereocenters. The third kappa shape index (κ3) is 2.34. The Morgan fingerprint density at radius 2 is 2.05 bits per heavy atom. The first-order chi connectivity index (χ1) is 10.1. The number of aryl methyl sites for hydroxylation is 2. The van der Waals surface area contributed by atoms with Gasteiger partial charge >= 0.3 is 0 Å². The molecule has 5 nitrogen and oxygen atoms in total. The first-order valence-corrected chi connectivity index (χ1v) is 7.20. The largest absolute Gasteiger partial charge is 0.309 e. The number of nitrogens with one attached hydrogen (secondary N) is 1. The molecule has 1 N–H and O–H groups in total. The van der Waals surface area contributed by atoms with Crippen molar-refractivity contribution < 1.29 is 0 Å². The number of H-pyrrole nitrogens is 1. The summed E-state index contributed by atoms with van der Waals surface area (Å²) < 4.78 is 1.88. The van der Waals surface area contributed by atoms with Crippen LogP contribution >= 0.6 is 0 Å². The first-order valence-electron chi connectivity index (χ1n) is 7.20. The molecule has 3 rings (SSSR count). The molecule has 0 aliphatic heterocycles. The topological polar surface area (TPSA) is 53.9 Å². The lowest BCUT2D eigenvalue weighted by Crippen LogP contribution is -2.23. The van der Waals surface area contributed by atoms with E-state index < -0.39 is 0 Å². The fourth-order valence-corrected chi connectivity index (χ4v) is 2.81. The molecule has 110 valence electrons. The van der Waals surface area contributed by atoms with Crippen LogP contribution in [0.2, 0.25) is 0 Å². The minimum Gasteiger partial charge on any atom is -0.309 e. The predicted molar refractivity (Wildman–Crippen MR) is 85.8 cm³/mol. The van der Waals surface area contributed by atoms with Gasteiger partial charge in [-0.1, -0.05) is 18.2 Å². The van der Waals surface area contributed by atoms with Gasteiger partial charge in [0.1, 0.15) is 5.52 Å². The van der Waals surface area contributed by atoms with E-state index in [9.17, 15) is 4.79 Å². The molecule has 0 saturated carbocycles. The summed E-state index contributed by atoms with van der Waals surface area (Å²) in [6, 6.07) is 7.98. The van der Waals surface area contributed by atoms with Crippen molar-refractivity contribution in [3.8, 4) is 0 Å². The molecule has 2 heterocycles. The SMILES string of the molecule is Cc1[nH]nc2c1c(=O)n(CCCN(C)C)c1ccccc21. The Labute approximate surface area is 123 Å². The third-order valence-corrected chi connectivity index (χ3v) is 3.84. The minimum absolute atomic E-state index is 0.0497. The Bertz CT molecular complexity index is 844. The van der Waals surface area contributed by atoms with Crippen LogP contribution in [-0.4, -0.2) is 40.3 Å². The van der Waals surface area contributed by atoms with Crippen LogP contribution in [0.5, 0.6) is 0 Å². The number of para-hydroxylation sites is 1. The lowest BCUT2D eigenvalue weighted by atomic mass is 10.1. The standard InChI is InChI=1S/C16H20N4O/c1-11-14-15(18-17-11)12-7-4-5-8-13(12)20(16(14)21)10-6-9-19(2)3/h4-5,7-8H,6,9-10H2,1-3H3,(H,17,18). The maximum atomic E-state index is 12.8. The average Bonchev–Trinajstić information content (AvgIpc) is 2.84. The number of benzene rings is 1. The van der Waals surface area contributed by atoms with Gasteiger partial charge in [-0.15, -0.1) is 0 Å². The summed E-state index contributed by atoms with van der Waals surface area (Å²) in [6.45, 7) is 3.58. The molecule has 0 fully saturated rings. The summed E-state index contributed by atoms with van der Waals surface area (Å²) in [5, 5.41) is 8.99. The molecule has 3 aromatic rings. The fraction of sp³-hybridized carbons (Fsp3) is 0.375. The molecule has 1 aromatic carbocycles. The molecule has 5 heteroatoms. The van der Waals surface area contributed by atoms with E-state index in [1.54, 1.807) is 0 Å². The highest BCUT2D eigenvalue weighted by Gasteiger charge is 2.14. The number of pyridine rings is 1. The zero-order valence-corrected chi connectivity index (χ0v) is 12.7. The fourth-order valence-electron chi connectivity index (χ4n) is 2.81. The van der Waals surface area contributed by atoms with Crippen LogP contribution in [-0.2, 0) is 6.54 Å². The lowest BCUT2D eigenvalue weighted by molar-refractivity contribution is 0.387.